The summed E-state index contributed by atoms with van der Waals surface area (Å²) in [6, 6.07) is 5.88. The van der Waals surface area contributed by atoms with Gasteiger partial charge in [-0.05, 0) is 43.7 Å². The Balaban J connectivity index is 1.97. The Morgan fingerprint density at radius 2 is 1.81 bits per heavy atom. The summed E-state index contributed by atoms with van der Waals surface area (Å²) in [5, 5.41) is 3.32. The Hall–Kier alpha value is -1.21. The molecule has 0 aliphatic carbocycles. The van der Waals surface area contributed by atoms with Crippen molar-refractivity contribution in [2.24, 2.45) is 0 Å². The van der Waals surface area contributed by atoms with Gasteiger partial charge in [-0.15, -0.1) is 0 Å². The number of hydrogen-bond acceptors (Lipinski definition) is 4. The lowest BCUT2D eigenvalue weighted by Gasteiger charge is -2.32. The normalized spacial score (nSPS) is 18.1. The molecule has 1 saturated heterocycles. The first-order valence-electron chi connectivity index (χ1n) is 7.04. The van der Waals surface area contributed by atoms with Crippen molar-refractivity contribution < 1.29 is 17.2 Å². The number of sulfone groups is 1. The molecule has 1 N–H and O–H groups in total. The quantitative estimate of drug-likeness (QED) is 0.906. The second-order valence-corrected chi connectivity index (χ2v) is 7.10. The third-order valence-corrected chi connectivity index (χ3v) is 5.22. The lowest BCUT2D eigenvalue weighted by Crippen LogP contribution is -2.38. The van der Waals surface area contributed by atoms with Crippen LogP contribution in [0.5, 0.6) is 0 Å². The van der Waals surface area contributed by atoms with Crippen LogP contribution in [0.25, 0.3) is 0 Å². The van der Waals surface area contributed by atoms with Crippen LogP contribution in [0.3, 0.4) is 0 Å². The van der Waals surface area contributed by atoms with Crippen LogP contribution in [0, 0.1) is 0 Å². The van der Waals surface area contributed by atoms with E-state index in [-0.39, 0.29) is 4.90 Å². The smallest absolute Gasteiger partial charge is 0.341 e. The van der Waals surface area contributed by atoms with Gasteiger partial charge in [0.1, 0.15) is 0 Å². The standard InChI is InChI=1S/C14H20F2N2O2S/c1-2-18-9-7-12(8-10-18)17-11-3-5-13(6-4-11)21(19,20)14(15)16/h3-6,12,14,17H,2,7-10H2,1H3. The van der Waals surface area contributed by atoms with Crippen molar-refractivity contribution in [3.63, 3.8) is 0 Å². The monoisotopic (exact) mass is 318 g/mol. The summed E-state index contributed by atoms with van der Waals surface area (Å²) in [5.74, 6) is -3.38. The van der Waals surface area contributed by atoms with Crippen molar-refractivity contribution in [1.29, 1.82) is 0 Å². The average Bonchev–Trinajstić information content (AvgIpc) is 2.48. The number of hydrogen-bond donors (Lipinski definition) is 1. The molecule has 0 saturated carbocycles. The molecule has 118 valence electrons. The Morgan fingerprint density at radius 1 is 1.24 bits per heavy atom. The van der Waals surface area contributed by atoms with Gasteiger partial charge in [0.2, 0.25) is 9.84 Å². The van der Waals surface area contributed by atoms with Gasteiger partial charge >= 0.3 is 5.76 Å². The van der Waals surface area contributed by atoms with Crippen LogP contribution in [-0.4, -0.2) is 44.8 Å². The highest BCUT2D eigenvalue weighted by atomic mass is 32.2. The van der Waals surface area contributed by atoms with Crippen LogP contribution in [-0.2, 0) is 9.84 Å². The maximum Gasteiger partial charge on any atom is 0.341 e. The zero-order valence-corrected chi connectivity index (χ0v) is 12.7. The Kier molecular flexibility index (Phi) is 5.16. The van der Waals surface area contributed by atoms with Gasteiger partial charge in [-0.2, -0.15) is 8.78 Å². The number of nitrogens with zero attached hydrogens (tertiary/aromatic N) is 1. The first-order valence-corrected chi connectivity index (χ1v) is 8.59. The highest BCUT2D eigenvalue weighted by molar-refractivity contribution is 7.91. The van der Waals surface area contributed by atoms with Crippen molar-refractivity contribution in [2.75, 3.05) is 25.0 Å². The van der Waals surface area contributed by atoms with Crippen molar-refractivity contribution >= 4 is 15.5 Å². The molecule has 1 aliphatic heterocycles. The maximum atomic E-state index is 12.4. The molecule has 0 aromatic heterocycles. The molecule has 0 unspecified atom stereocenters. The lowest BCUT2D eigenvalue weighted by atomic mass is 10.0. The molecular weight excluding hydrogens is 298 g/mol. The molecule has 1 fully saturated rings. The molecule has 0 spiro atoms. The molecule has 0 radical (unpaired) electrons. The first kappa shape index (κ1) is 16.2. The fraction of sp³-hybridized carbons (Fsp3) is 0.571. The van der Waals surface area contributed by atoms with E-state index >= 15 is 0 Å². The van der Waals surface area contributed by atoms with Crippen LogP contribution < -0.4 is 5.32 Å². The van der Waals surface area contributed by atoms with Gasteiger partial charge in [0.05, 0.1) is 4.90 Å². The van der Waals surface area contributed by atoms with Gasteiger partial charge in [0.25, 0.3) is 0 Å². The number of benzene rings is 1. The SMILES string of the molecule is CCN1CCC(Nc2ccc(S(=O)(=O)C(F)F)cc2)CC1. The van der Waals surface area contributed by atoms with Crippen LogP contribution >= 0.6 is 0 Å². The lowest BCUT2D eigenvalue weighted by molar-refractivity contribution is 0.229. The second kappa shape index (κ2) is 6.70. The third kappa shape index (κ3) is 3.91. The molecule has 21 heavy (non-hydrogen) atoms. The Morgan fingerprint density at radius 3 is 2.29 bits per heavy atom. The first-order chi connectivity index (χ1) is 9.93. The molecule has 1 heterocycles. The van der Waals surface area contributed by atoms with Crippen molar-refractivity contribution in [2.45, 2.75) is 36.5 Å². The van der Waals surface area contributed by atoms with E-state index in [1.165, 1.54) is 12.1 Å². The summed E-state index contributed by atoms with van der Waals surface area (Å²) < 4.78 is 47.5. The van der Waals surface area contributed by atoms with E-state index in [4.69, 9.17) is 0 Å². The van der Waals surface area contributed by atoms with Gasteiger partial charge < -0.3 is 10.2 Å². The summed E-state index contributed by atoms with van der Waals surface area (Å²) in [7, 11) is -4.51. The zero-order valence-electron chi connectivity index (χ0n) is 11.9. The summed E-state index contributed by atoms with van der Waals surface area (Å²) >= 11 is 0. The minimum Gasteiger partial charge on any atom is -0.382 e. The number of piperidine rings is 1. The second-order valence-electron chi connectivity index (χ2n) is 5.18. The molecule has 0 bridgehead atoms. The van der Waals surface area contributed by atoms with Crippen molar-refractivity contribution in [1.82, 2.24) is 4.90 Å². The Labute approximate surface area is 124 Å². The largest absolute Gasteiger partial charge is 0.382 e. The van der Waals surface area contributed by atoms with Gasteiger partial charge in [-0.1, -0.05) is 6.92 Å². The third-order valence-electron chi connectivity index (χ3n) is 3.82. The summed E-state index contributed by atoms with van der Waals surface area (Å²) in [6.45, 7) is 5.25. The van der Waals surface area contributed by atoms with Gasteiger partial charge in [-0.3, -0.25) is 0 Å². The van der Waals surface area contributed by atoms with E-state index in [2.05, 4.69) is 17.1 Å². The van der Waals surface area contributed by atoms with Gasteiger partial charge in [0.15, 0.2) is 0 Å². The van der Waals surface area contributed by atoms with Gasteiger partial charge in [0, 0.05) is 24.8 Å². The van der Waals surface area contributed by atoms with Crippen LogP contribution in [0.4, 0.5) is 14.5 Å². The minimum absolute atomic E-state index is 0.338. The van der Waals surface area contributed by atoms with Gasteiger partial charge in [-0.25, -0.2) is 8.42 Å². The molecule has 2 rings (SSSR count). The van der Waals surface area contributed by atoms with Crippen LogP contribution in [0.2, 0.25) is 0 Å². The molecule has 7 heteroatoms. The van der Waals surface area contributed by atoms with E-state index in [0.29, 0.717) is 6.04 Å². The molecule has 1 aromatic rings. The van der Waals surface area contributed by atoms with Crippen LogP contribution in [0.15, 0.2) is 29.2 Å². The zero-order chi connectivity index (χ0) is 15.5. The molecular formula is C14H20F2N2O2S. The highest BCUT2D eigenvalue weighted by Crippen LogP contribution is 2.22. The highest BCUT2D eigenvalue weighted by Gasteiger charge is 2.26. The molecule has 0 atom stereocenters. The van der Waals surface area contributed by atoms with Crippen molar-refractivity contribution in [3.8, 4) is 0 Å². The van der Waals surface area contributed by atoms with E-state index in [1.807, 2.05) is 0 Å². The van der Waals surface area contributed by atoms with E-state index in [1.54, 1.807) is 12.1 Å². The van der Waals surface area contributed by atoms with Crippen molar-refractivity contribution in [3.05, 3.63) is 24.3 Å². The fourth-order valence-corrected chi connectivity index (χ4v) is 3.19. The fourth-order valence-electron chi connectivity index (χ4n) is 2.47. The number of anilines is 1. The summed E-state index contributed by atoms with van der Waals surface area (Å²) in [5.41, 5.74) is 0.762. The molecule has 1 aromatic carbocycles. The molecule has 1 aliphatic rings. The van der Waals surface area contributed by atoms with Crippen LogP contribution in [0.1, 0.15) is 19.8 Å². The Bertz CT molecular complexity index is 553. The number of alkyl halides is 2. The molecule has 0 amide bonds. The van der Waals surface area contributed by atoms with E-state index < -0.39 is 15.6 Å². The number of nitrogens with one attached hydrogen (secondary N) is 1. The minimum atomic E-state index is -4.51. The molecule has 4 nitrogen and oxygen atoms in total. The number of likely N-dealkylation sites (tertiary alicyclic amines) is 1. The summed E-state index contributed by atoms with van der Waals surface area (Å²) in [4.78, 5) is 2.03. The van der Waals surface area contributed by atoms with E-state index in [9.17, 15) is 17.2 Å². The predicted octanol–water partition coefficient (Wildman–Crippen LogP) is 2.58. The summed E-state index contributed by atoms with van der Waals surface area (Å²) in [6.07, 6.45) is 2.04. The predicted molar refractivity (Wildman–Crippen MR) is 78.4 cm³/mol. The topological polar surface area (TPSA) is 49.4 Å². The maximum absolute atomic E-state index is 12.4. The van der Waals surface area contributed by atoms with E-state index in [0.717, 1.165) is 38.2 Å². The number of halogens is 2. The average molecular weight is 318 g/mol. The number of rotatable bonds is 5.